The average Bonchev–Trinajstić information content (AvgIpc) is 2.38. The highest BCUT2D eigenvalue weighted by molar-refractivity contribution is 7.90. The number of sulfone groups is 1. The SMILES string of the molecule is CS(=O)(=O)c1ccc(Nc2ccnc(CN)n2)cc1. The van der Waals surface area contributed by atoms with Crippen molar-refractivity contribution in [1.29, 1.82) is 0 Å². The predicted octanol–water partition coefficient (Wildman–Crippen LogP) is 1.08. The molecule has 19 heavy (non-hydrogen) atoms. The zero-order valence-electron chi connectivity index (χ0n) is 10.4. The Morgan fingerprint density at radius 1 is 1.21 bits per heavy atom. The Kier molecular flexibility index (Phi) is 3.77. The molecule has 6 nitrogen and oxygen atoms in total. The number of benzene rings is 1. The molecule has 0 fully saturated rings. The molecule has 0 unspecified atom stereocenters. The minimum absolute atomic E-state index is 0.266. The summed E-state index contributed by atoms with van der Waals surface area (Å²) in [5, 5.41) is 3.06. The molecular formula is C12H14N4O2S. The van der Waals surface area contributed by atoms with Gasteiger partial charge < -0.3 is 11.1 Å². The van der Waals surface area contributed by atoms with Crippen molar-refractivity contribution in [1.82, 2.24) is 9.97 Å². The maximum Gasteiger partial charge on any atom is 0.175 e. The fourth-order valence-electron chi connectivity index (χ4n) is 1.50. The van der Waals surface area contributed by atoms with Gasteiger partial charge in [-0.1, -0.05) is 0 Å². The third-order valence-electron chi connectivity index (χ3n) is 2.44. The highest BCUT2D eigenvalue weighted by atomic mass is 32.2. The smallest absolute Gasteiger partial charge is 0.175 e. The van der Waals surface area contributed by atoms with E-state index < -0.39 is 9.84 Å². The fraction of sp³-hybridized carbons (Fsp3) is 0.167. The van der Waals surface area contributed by atoms with Gasteiger partial charge in [-0.15, -0.1) is 0 Å². The van der Waals surface area contributed by atoms with Crippen molar-refractivity contribution in [3.8, 4) is 0 Å². The van der Waals surface area contributed by atoms with Gasteiger partial charge in [0.05, 0.1) is 11.4 Å². The molecule has 0 aliphatic rings. The largest absolute Gasteiger partial charge is 0.340 e. The van der Waals surface area contributed by atoms with Crippen LogP contribution >= 0.6 is 0 Å². The van der Waals surface area contributed by atoms with Gasteiger partial charge in [-0.25, -0.2) is 18.4 Å². The van der Waals surface area contributed by atoms with E-state index in [0.717, 1.165) is 5.69 Å². The number of hydrogen-bond donors (Lipinski definition) is 2. The molecule has 100 valence electrons. The molecule has 0 amide bonds. The van der Waals surface area contributed by atoms with E-state index in [1.54, 1.807) is 36.5 Å². The lowest BCUT2D eigenvalue weighted by Crippen LogP contribution is -2.04. The third-order valence-corrected chi connectivity index (χ3v) is 3.57. The van der Waals surface area contributed by atoms with E-state index >= 15 is 0 Å². The maximum atomic E-state index is 11.3. The van der Waals surface area contributed by atoms with Crippen LogP contribution in [0.2, 0.25) is 0 Å². The molecule has 0 saturated carbocycles. The third kappa shape index (κ3) is 3.49. The van der Waals surface area contributed by atoms with Gasteiger partial charge in [0.2, 0.25) is 0 Å². The second-order valence-corrected chi connectivity index (χ2v) is 6.00. The lowest BCUT2D eigenvalue weighted by molar-refractivity contribution is 0.602. The van der Waals surface area contributed by atoms with Crippen LogP contribution in [0.1, 0.15) is 5.82 Å². The standard InChI is InChI=1S/C12H14N4O2S/c1-19(17,18)10-4-2-9(3-5-10)15-11-6-7-14-12(8-13)16-11/h2-7H,8,13H2,1H3,(H,14,15,16). The summed E-state index contributed by atoms with van der Waals surface area (Å²) in [4.78, 5) is 8.46. The van der Waals surface area contributed by atoms with E-state index in [4.69, 9.17) is 5.73 Å². The molecule has 0 spiro atoms. The van der Waals surface area contributed by atoms with Crippen molar-refractivity contribution < 1.29 is 8.42 Å². The number of rotatable bonds is 4. The Bertz CT molecular complexity index is 668. The summed E-state index contributed by atoms with van der Waals surface area (Å²) in [5.74, 6) is 1.15. The lowest BCUT2D eigenvalue weighted by Gasteiger charge is -2.07. The van der Waals surface area contributed by atoms with Gasteiger partial charge in [0, 0.05) is 18.1 Å². The molecule has 0 aliphatic heterocycles. The van der Waals surface area contributed by atoms with Crippen LogP contribution in [0.25, 0.3) is 0 Å². The summed E-state index contributed by atoms with van der Waals surface area (Å²) in [5.41, 5.74) is 6.20. The van der Waals surface area contributed by atoms with Crippen LogP contribution in [0, 0.1) is 0 Å². The highest BCUT2D eigenvalue weighted by Crippen LogP contribution is 2.17. The summed E-state index contributed by atoms with van der Waals surface area (Å²) in [6.07, 6.45) is 2.79. The Morgan fingerprint density at radius 2 is 1.89 bits per heavy atom. The number of aromatic nitrogens is 2. The zero-order valence-corrected chi connectivity index (χ0v) is 11.2. The molecule has 7 heteroatoms. The Labute approximate surface area is 111 Å². The molecule has 2 rings (SSSR count). The Morgan fingerprint density at radius 3 is 2.47 bits per heavy atom. The van der Waals surface area contributed by atoms with Crippen molar-refractivity contribution >= 4 is 21.3 Å². The Balaban J connectivity index is 2.19. The second-order valence-electron chi connectivity index (χ2n) is 3.98. The maximum absolute atomic E-state index is 11.3. The predicted molar refractivity (Wildman–Crippen MR) is 72.8 cm³/mol. The highest BCUT2D eigenvalue weighted by Gasteiger charge is 2.06. The summed E-state index contributed by atoms with van der Waals surface area (Å²) in [7, 11) is -3.17. The number of hydrogen-bond acceptors (Lipinski definition) is 6. The van der Waals surface area contributed by atoms with Crippen LogP contribution in [0.5, 0.6) is 0 Å². The minimum Gasteiger partial charge on any atom is -0.340 e. The van der Waals surface area contributed by atoms with Crippen molar-refractivity contribution in [3.63, 3.8) is 0 Å². The molecule has 0 radical (unpaired) electrons. The first-order chi connectivity index (χ1) is 8.99. The second kappa shape index (κ2) is 5.33. The molecule has 3 N–H and O–H groups in total. The van der Waals surface area contributed by atoms with Gasteiger partial charge in [-0.2, -0.15) is 0 Å². The van der Waals surface area contributed by atoms with Crippen molar-refractivity contribution in [3.05, 3.63) is 42.4 Å². The van der Waals surface area contributed by atoms with Crippen molar-refractivity contribution in [2.24, 2.45) is 5.73 Å². The minimum atomic E-state index is -3.17. The molecule has 0 aliphatic carbocycles. The molecule has 0 bridgehead atoms. The van der Waals surface area contributed by atoms with E-state index in [-0.39, 0.29) is 11.4 Å². The topological polar surface area (TPSA) is 98.0 Å². The van der Waals surface area contributed by atoms with Crippen LogP contribution in [0.15, 0.2) is 41.4 Å². The molecule has 1 heterocycles. The van der Waals surface area contributed by atoms with Crippen molar-refractivity contribution in [2.45, 2.75) is 11.4 Å². The molecule has 0 saturated heterocycles. The average molecular weight is 278 g/mol. The molecule has 1 aromatic heterocycles. The van der Waals surface area contributed by atoms with E-state index in [9.17, 15) is 8.42 Å². The molecule has 0 atom stereocenters. The summed E-state index contributed by atoms with van der Waals surface area (Å²) >= 11 is 0. The van der Waals surface area contributed by atoms with E-state index in [1.807, 2.05) is 0 Å². The number of nitrogens with one attached hydrogen (secondary N) is 1. The number of nitrogens with zero attached hydrogens (tertiary/aromatic N) is 2. The first-order valence-electron chi connectivity index (χ1n) is 5.58. The van der Waals surface area contributed by atoms with Crippen LogP contribution in [-0.2, 0) is 16.4 Å². The van der Waals surface area contributed by atoms with Crippen LogP contribution in [-0.4, -0.2) is 24.6 Å². The van der Waals surface area contributed by atoms with Gasteiger partial charge in [0.1, 0.15) is 11.6 Å². The van der Waals surface area contributed by atoms with Gasteiger partial charge in [0.15, 0.2) is 9.84 Å². The van der Waals surface area contributed by atoms with Gasteiger partial charge in [-0.05, 0) is 30.3 Å². The lowest BCUT2D eigenvalue weighted by atomic mass is 10.3. The number of nitrogens with two attached hydrogens (primary N) is 1. The zero-order chi connectivity index (χ0) is 13.9. The molecular weight excluding hydrogens is 264 g/mol. The first-order valence-corrected chi connectivity index (χ1v) is 7.47. The quantitative estimate of drug-likeness (QED) is 0.868. The summed E-state index contributed by atoms with van der Waals surface area (Å²) in [6.45, 7) is 0.266. The van der Waals surface area contributed by atoms with E-state index in [0.29, 0.717) is 11.6 Å². The van der Waals surface area contributed by atoms with Gasteiger partial charge >= 0.3 is 0 Å². The van der Waals surface area contributed by atoms with Crippen molar-refractivity contribution in [2.75, 3.05) is 11.6 Å². The van der Waals surface area contributed by atoms with Crippen LogP contribution in [0.3, 0.4) is 0 Å². The van der Waals surface area contributed by atoms with Gasteiger partial charge in [0.25, 0.3) is 0 Å². The number of anilines is 2. The molecule has 1 aromatic carbocycles. The first kappa shape index (κ1) is 13.4. The molecule has 2 aromatic rings. The normalized spacial score (nSPS) is 11.3. The van der Waals surface area contributed by atoms with Crippen LogP contribution < -0.4 is 11.1 Å². The summed E-state index contributed by atoms with van der Waals surface area (Å²) < 4.78 is 22.7. The van der Waals surface area contributed by atoms with Crippen LogP contribution in [0.4, 0.5) is 11.5 Å². The van der Waals surface area contributed by atoms with Gasteiger partial charge in [-0.3, -0.25) is 0 Å². The van der Waals surface area contributed by atoms with E-state index in [1.165, 1.54) is 6.26 Å². The summed E-state index contributed by atoms with van der Waals surface area (Å²) in [6, 6.07) is 8.16. The fourth-order valence-corrected chi connectivity index (χ4v) is 2.13. The monoisotopic (exact) mass is 278 g/mol. The van der Waals surface area contributed by atoms with E-state index in [2.05, 4.69) is 15.3 Å². The Hall–Kier alpha value is -1.99.